The van der Waals surface area contributed by atoms with Gasteiger partial charge in [0.05, 0.1) is 12.0 Å². The Balaban J connectivity index is 1.59. The number of methoxy groups -OCH3 is 1. The normalized spacial score (nSPS) is 11.0. The molecule has 0 spiro atoms. The maximum Gasteiger partial charge on any atom is 0.263 e. The highest BCUT2D eigenvalue weighted by Gasteiger charge is 2.16. The van der Waals surface area contributed by atoms with Gasteiger partial charge in [-0.05, 0) is 55.8 Å². The van der Waals surface area contributed by atoms with Crippen LogP contribution in [0.1, 0.15) is 11.3 Å². The summed E-state index contributed by atoms with van der Waals surface area (Å²) < 4.78 is 42.6. The number of hydrogen-bond acceptors (Lipinski definition) is 7. The van der Waals surface area contributed by atoms with E-state index in [1.165, 1.54) is 37.4 Å². The summed E-state index contributed by atoms with van der Waals surface area (Å²) in [5.41, 5.74) is 1.43. The standard InChI is InChI=1S/C20H21N3O6S/c1-13-4-9-17(18(10-13)27-3)28-12-20(24)21-15-5-7-16(8-6-15)30(25,26)23-19-11-14(2)29-22-19/h4-11H,12H2,1-3H3,(H,21,24)(H,22,23). The average Bonchev–Trinajstić information content (AvgIpc) is 3.11. The quantitative estimate of drug-likeness (QED) is 0.562. The van der Waals surface area contributed by atoms with Crippen molar-refractivity contribution in [2.45, 2.75) is 18.7 Å². The Kier molecular flexibility index (Phi) is 6.26. The fourth-order valence-electron chi connectivity index (χ4n) is 2.56. The molecule has 2 aromatic carbocycles. The van der Waals surface area contributed by atoms with E-state index in [-0.39, 0.29) is 17.3 Å². The molecule has 1 amide bonds. The van der Waals surface area contributed by atoms with Crippen LogP contribution in [-0.4, -0.2) is 33.2 Å². The minimum Gasteiger partial charge on any atom is -0.493 e. The lowest BCUT2D eigenvalue weighted by molar-refractivity contribution is -0.118. The van der Waals surface area contributed by atoms with Crippen molar-refractivity contribution in [3.8, 4) is 11.5 Å². The van der Waals surface area contributed by atoms with Gasteiger partial charge in [-0.1, -0.05) is 11.2 Å². The van der Waals surface area contributed by atoms with E-state index in [1.54, 1.807) is 19.1 Å². The van der Waals surface area contributed by atoms with E-state index < -0.39 is 15.9 Å². The lowest BCUT2D eigenvalue weighted by Crippen LogP contribution is -2.20. The summed E-state index contributed by atoms with van der Waals surface area (Å²) in [4.78, 5) is 12.2. The van der Waals surface area contributed by atoms with Crippen molar-refractivity contribution < 1.29 is 27.2 Å². The molecule has 1 aromatic heterocycles. The van der Waals surface area contributed by atoms with Gasteiger partial charge in [0.15, 0.2) is 23.9 Å². The van der Waals surface area contributed by atoms with E-state index in [2.05, 4.69) is 15.2 Å². The molecule has 0 atom stereocenters. The van der Waals surface area contributed by atoms with Crippen LogP contribution in [0.15, 0.2) is 57.9 Å². The lowest BCUT2D eigenvalue weighted by Gasteiger charge is -2.11. The molecule has 9 nitrogen and oxygen atoms in total. The van der Waals surface area contributed by atoms with E-state index in [1.807, 2.05) is 13.0 Å². The molecule has 0 saturated heterocycles. The fourth-order valence-corrected chi connectivity index (χ4v) is 3.55. The summed E-state index contributed by atoms with van der Waals surface area (Å²) in [5, 5.41) is 6.25. The molecule has 30 heavy (non-hydrogen) atoms. The first kappa shape index (κ1) is 21.2. The fraction of sp³-hybridized carbons (Fsp3) is 0.200. The Morgan fingerprint density at radius 3 is 2.43 bits per heavy atom. The Bertz CT molecular complexity index is 1140. The van der Waals surface area contributed by atoms with Crippen LogP contribution in [0.3, 0.4) is 0 Å². The van der Waals surface area contributed by atoms with E-state index in [4.69, 9.17) is 14.0 Å². The predicted octanol–water partition coefficient (Wildman–Crippen LogP) is 3.12. The molecule has 0 aliphatic rings. The molecular weight excluding hydrogens is 410 g/mol. The van der Waals surface area contributed by atoms with Gasteiger partial charge in [-0.2, -0.15) is 0 Å². The first-order chi connectivity index (χ1) is 14.3. The molecule has 3 aromatic rings. The van der Waals surface area contributed by atoms with E-state index in [0.29, 0.717) is 22.9 Å². The number of carbonyl (C=O) groups excluding carboxylic acids is 1. The number of anilines is 2. The van der Waals surface area contributed by atoms with Crippen LogP contribution in [0, 0.1) is 13.8 Å². The van der Waals surface area contributed by atoms with Gasteiger partial charge in [0.1, 0.15) is 5.76 Å². The summed E-state index contributed by atoms with van der Waals surface area (Å²) in [7, 11) is -2.30. The summed E-state index contributed by atoms with van der Waals surface area (Å²) in [6.45, 7) is 3.35. The van der Waals surface area contributed by atoms with Gasteiger partial charge in [-0.15, -0.1) is 0 Å². The van der Waals surface area contributed by atoms with Crippen LogP contribution in [0.4, 0.5) is 11.5 Å². The molecule has 0 aliphatic heterocycles. The third kappa shape index (κ3) is 5.29. The molecule has 10 heteroatoms. The predicted molar refractivity (Wildman–Crippen MR) is 110 cm³/mol. The summed E-state index contributed by atoms with van der Waals surface area (Å²) in [5.74, 6) is 1.16. The van der Waals surface area contributed by atoms with Gasteiger partial charge in [0.2, 0.25) is 0 Å². The Hall–Kier alpha value is -3.53. The Morgan fingerprint density at radius 2 is 1.80 bits per heavy atom. The minimum absolute atomic E-state index is 0.0155. The van der Waals surface area contributed by atoms with Crippen molar-refractivity contribution in [2.24, 2.45) is 0 Å². The van der Waals surface area contributed by atoms with Crippen molar-refractivity contribution in [3.05, 3.63) is 59.9 Å². The number of aromatic nitrogens is 1. The number of ether oxygens (including phenoxy) is 2. The SMILES string of the molecule is COc1cc(C)ccc1OCC(=O)Nc1ccc(S(=O)(=O)Nc2cc(C)on2)cc1. The van der Waals surface area contributed by atoms with Crippen molar-refractivity contribution in [2.75, 3.05) is 23.8 Å². The molecule has 0 aliphatic carbocycles. The van der Waals surface area contributed by atoms with Crippen molar-refractivity contribution in [1.82, 2.24) is 5.16 Å². The molecule has 0 bridgehead atoms. The third-order valence-corrected chi connectivity index (χ3v) is 5.36. The van der Waals surface area contributed by atoms with Gasteiger partial charge in [-0.25, -0.2) is 8.42 Å². The molecule has 1 heterocycles. The van der Waals surface area contributed by atoms with Gasteiger partial charge < -0.3 is 19.3 Å². The largest absolute Gasteiger partial charge is 0.493 e. The molecule has 0 radical (unpaired) electrons. The Labute approximate surface area is 174 Å². The lowest BCUT2D eigenvalue weighted by atomic mass is 10.2. The molecule has 2 N–H and O–H groups in total. The second-order valence-electron chi connectivity index (χ2n) is 6.44. The van der Waals surface area contributed by atoms with E-state index in [9.17, 15) is 13.2 Å². The van der Waals surface area contributed by atoms with Crippen molar-refractivity contribution in [3.63, 3.8) is 0 Å². The number of carbonyl (C=O) groups is 1. The van der Waals surface area contributed by atoms with E-state index >= 15 is 0 Å². The van der Waals surface area contributed by atoms with E-state index in [0.717, 1.165) is 5.56 Å². The number of amides is 1. The second-order valence-corrected chi connectivity index (χ2v) is 8.13. The topological polar surface area (TPSA) is 120 Å². The summed E-state index contributed by atoms with van der Waals surface area (Å²) in [6.07, 6.45) is 0. The van der Waals surface area contributed by atoms with Crippen LogP contribution < -0.4 is 19.5 Å². The number of rotatable bonds is 8. The minimum atomic E-state index is -3.83. The zero-order chi connectivity index (χ0) is 21.7. The highest BCUT2D eigenvalue weighted by molar-refractivity contribution is 7.92. The van der Waals surface area contributed by atoms with Crippen LogP contribution in [0.5, 0.6) is 11.5 Å². The number of aryl methyl sites for hydroxylation is 2. The molecule has 0 fully saturated rings. The van der Waals surface area contributed by atoms with Gasteiger partial charge in [0.25, 0.3) is 15.9 Å². The number of nitrogens with one attached hydrogen (secondary N) is 2. The first-order valence-corrected chi connectivity index (χ1v) is 10.4. The second kappa shape index (κ2) is 8.87. The molecule has 0 unspecified atom stereocenters. The number of hydrogen-bond donors (Lipinski definition) is 2. The molecule has 3 rings (SSSR count). The average molecular weight is 431 g/mol. The summed E-state index contributed by atoms with van der Waals surface area (Å²) in [6, 6.07) is 12.5. The molecule has 0 saturated carbocycles. The number of sulfonamides is 1. The van der Waals surface area contributed by atoms with Crippen LogP contribution in [0.25, 0.3) is 0 Å². The van der Waals surface area contributed by atoms with Crippen LogP contribution in [0.2, 0.25) is 0 Å². The van der Waals surface area contributed by atoms with Gasteiger partial charge >= 0.3 is 0 Å². The molecular formula is C20H21N3O6S. The Morgan fingerprint density at radius 1 is 1.07 bits per heavy atom. The maximum atomic E-state index is 12.4. The monoisotopic (exact) mass is 431 g/mol. The highest BCUT2D eigenvalue weighted by Crippen LogP contribution is 2.27. The van der Waals surface area contributed by atoms with Gasteiger partial charge in [-0.3, -0.25) is 9.52 Å². The number of benzene rings is 2. The van der Waals surface area contributed by atoms with Crippen molar-refractivity contribution >= 4 is 27.4 Å². The highest BCUT2D eigenvalue weighted by atomic mass is 32.2. The zero-order valence-corrected chi connectivity index (χ0v) is 17.4. The summed E-state index contributed by atoms with van der Waals surface area (Å²) >= 11 is 0. The third-order valence-electron chi connectivity index (χ3n) is 3.99. The number of nitrogens with zero attached hydrogens (tertiary/aromatic N) is 1. The zero-order valence-electron chi connectivity index (χ0n) is 16.6. The first-order valence-electron chi connectivity index (χ1n) is 8.90. The van der Waals surface area contributed by atoms with Crippen LogP contribution >= 0.6 is 0 Å². The smallest absolute Gasteiger partial charge is 0.263 e. The maximum absolute atomic E-state index is 12.4. The van der Waals surface area contributed by atoms with Gasteiger partial charge in [0, 0.05) is 11.8 Å². The van der Waals surface area contributed by atoms with Crippen molar-refractivity contribution in [1.29, 1.82) is 0 Å². The molecule has 158 valence electrons. The van der Waals surface area contributed by atoms with Crippen LogP contribution in [-0.2, 0) is 14.8 Å².